The summed E-state index contributed by atoms with van der Waals surface area (Å²) in [6.07, 6.45) is 18.7. The van der Waals surface area contributed by atoms with E-state index in [0.717, 1.165) is 50.8 Å². The zero-order valence-electron chi connectivity index (χ0n) is 29.2. The van der Waals surface area contributed by atoms with Crippen molar-refractivity contribution in [3.63, 3.8) is 0 Å². The van der Waals surface area contributed by atoms with Crippen molar-refractivity contribution in [3.05, 3.63) is 59.7 Å². The third kappa shape index (κ3) is 22.2. The van der Waals surface area contributed by atoms with Crippen LogP contribution in [0.4, 0.5) is 0 Å². The minimum absolute atomic E-state index is 0.889. The molecule has 0 aliphatic carbocycles. The van der Waals surface area contributed by atoms with Crippen molar-refractivity contribution in [1.82, 2.24) is 21.3 Å². The predicted octanol–water partition coefficient (Wildman–Crippen LogP) is 8.61. The SMILES string of the molecule is COc1ccccc1CNCCCCCCCCCNCCSSCCNCCCCCCCCCNCc1ccccc1OC. The maximum absolute atomic E-state index is 5.42. The van der Waals surface area contributed by atoms with Gasteiger partial charge in [-0.3, -0.25) is 0 Å². The number of unbranched alkanes of at least 4 members (excludes halogenated alkanes) is 12. The van der Waals surface area contributed by atoms with Crippen molar-refractivity contribution < 1.29 is 9.47 Å². The summed E-state index contributed by atoms with van der Waals surface area (Å²) in [5.74, 6) is 4.36. The standard InChI is InChI=1S/C38H66N4O2S2/c1-43-37-23-15-13-21-35(37)33-41-27-19-11-7-3-5-9-17-25-39-29-31-45-46-32-30-40-26-18-10-6-4-8-12-20-28-42-34-36-22-14-16-24-38(36)44-2/h13-16,21-24,39-42H,3-12,17-20,25-34H2,1-2H3. The summed E-state index contributed by atoms with van der Waals surface area (Å²) in [5, 5.41) is 14.3. The Morgan fingerprint density at radius 3 is 1.11 bits per heavy atom. The Kier molecular flexibility index (Phi) is 27.4. The fourth-order valence-electron chi connectivity index (χ4n) is 5.51. The molecule has 0 fully saturated rings. The molecule has 0 atom stereocenters. The second-order valence-electron chi connectivity index (χ2n) is 12.1. The summed E-state index contributed by atoms with van der Waals surface area (Å²) in [7, 11) is 7.51. The molecule has 0 spiro atoms. The van der Waals surface area contributed by atoms with Crippen LogP contribution >= 0.6 is 21.6 Å². The first-order valence-electron chi connectivity index (χ1n) is 18.2. The van der Waals surface area contributed by atoms with Gasteiger partial charge < -0.3 is 30.7 Å². The van der Waals surface area contributed by atoms with Gasteiger partial charge in [0.15, 0.2) is 0 Å². The van der Waals surface area contributed by atoms with Gasteiger partial charge in [-0.15, -0.1) is 0 Å². The van der Waals surface area contributed by atoms with Crippen LogP contribution in [0.2, 0.25) is 0 Å². The van der Waals surface area contributed by atoms with Gasteiger partial charge in [-0.05, 0) is 64.0 Å². The third-order valence-electron chi connectivity index (χ3n) is 8.24. The fraction of sp³-hybridized carbons (Fsp3) is 0.684. The Morgan fingerprint density at radius 1 is 0.413 bits per heavy atom. The molecular formula is C38H66N4O2S2. The molecule has 2 aromatic rings. The Labute approximate surface area is 290 Å². The molecule has 262 valence electrons. The highest BCUT2D eigenvalue weighted by Crippen LogP contribution is 2.20. The Morgan fingerprint density at radius 2 is 0.739 bits per heavy atom. The Bertz CT molecular complexity index is 877. The molecule has 0 aliphatic heterocycles. The number of methoxy groups -OCH3 is 2. The van der Waals surface area contributed by atoms with E-state index in [0.29, 0.717) is 0 Å². The van der Waals surface area contributed by atoms with E-state index in [1.165, 1.54) is 126 Å². The number of para-hydroxylation sites is 2. The number of rotatable bonds is 33. The molecular weight excluding hydrogens is 609 g/mol. The van der Waals surface area contributed by atoms with E-state index in [2.05, 4.69) is 45.5 Å². The van der Waals surface area contributed by atoms with Crippen LogP contribution in [0.5, 0.6) is 11.5 Å². The molecule has 2 rings (SSSR count). The molecule has 0 aromatic heterocycles. The summed E-state index contributed by atoms with van der Waals surface area (Å²) in [5.41, 5.74) is 2.48. The van der Waals surface area contributed by atoms with Gasteiger partial charge >= 0.3 is 0 Å². The first kappa shape index (κ1) is 40.8. The van der Waals surface area contributed by atoms with Crippen LogP contribution in [0.25, 0.3) is 0 Å². The van der Waals surface area contributed by atoms with Crippen LogP contribution in [0.1, 0.15) is 101 Å². The zero-order chi connectivity index (χ0) is 32.6. The van der Waals surface area contributed by atoms with Crippen LogP contribution in [0.3, 0.4) is 0 Å². The highest BCUT2D eigenvalue weighted by Gasteiger charge is 2.02. The average Bonchev–Trinajstić information content (AvgIpc) is 3.09. The number of ether oxygens (including phenoxy) is 2. The van der Waals surface area contributed by atoms with Crippen LogP contribution in [-0.2, 0) is 13.1 Å². The number of hydrogen-bond acceptors (Lipinski definition) is 8. The van der Waals surface area contributed by atoms with Crippen molar-refractivity contribution in [2.45, 2.75) is 103 Å². The Hall–Kier alpha value is -1.42. The molecule has 0 aliphatic rings. The van der Waals surface area contributed by atoms with E-state index in [1.807, 2.05) is 45.9 Å². The molecule has 0 saturated heterocycles. The van der Waals surface area contributed by atoms with E-state index < -0.39 is 0 Å². The number of hydrogen-bond donors (Lipinski definition) is 4. The molecule has 46 heavy (non-hydrogen) atoms. The molecule has 2 aromatic carbocycles. The second-order valence-corrected chi connectivity index (χ2v) is 14.8. The normalized spacial score (nSPS) is 11.3. The van der Waals surface area contributed by atoms with Crippen molar-refractivity contribution in [1.29, 1.82) is 0 Å². The number of nitrogens with one attached hydrogen (secondary N) is 4. The lowest BCUT2D eigenvalue weighted by Crippen LogP contribution is -2.19. The maximum Gasteiger partial charge on any atom is 0.123 e. The highest BCUT2D eigenvalue weighted by molar-refractivity contribution is 8.76. The lowest BCUT2D eigenvalue weighted by molar-refractivity contribution is 0.407. The lowest BCUT2D eigenvalue weighted by atomic mass is 10.1. The van der Waals surface area contributed by atoms with Crippen LogP contribution in [-0.4, -0.2) is 65.0 Å². The minimum Gasteiger partial charge on any atom is -0.496 e. The maximum atomic E-state index is 5.42. The van der Waals surface area contributed by atoms with Crippen molar-refractivity contribution in [2.75, 3.05) is 65.0 Å². The summed E-state index contributed by atoms with van der Waals surface area (Å²) < 4.78 is 10.8. The smallest absolute Gasteiger partial charge is 0.123 e. The molecule has 4 N–H and O–H groups in total. The summed E-state index contributed by atoms with van der Waals surface area (Å²) in [4.78, 5) is 0. The van der Waals surface area contributed by atoms with Gasteiger partial charge in [0.1, 0.15) is 11.5 Å². The summed E-state index contributed by atoms with van der Waals surface area (Å²) in [6.45, 7) is 8.55. The van der Waals surface area contributed by atoms with Crippen molar-refractivity contribution in [3.8, 4) is 11.5 Å². The van der Waals surface area contributed by atoms with Crippen molar-refractivity contribution in [2.24, 2.45) is 0 Å². The van der Waals surface area contributed by atoms with Gasteiger partial charge in [-0.1, -0.05) is 122 Å². The molecule has 0 saturated carbocycles. The molecule has 0 bridgehead atoms. The van der Waals surface area contributed by atoms with E-state index in [-0.39, 0.29) is 0 Å². The molecule has 6 nitrogen and oxygen atoms in total. The monoisotopic (exact) mass is 674 g/mol. The van der Waals surface area contributed by atoms with Crippen LogP contribution in [0.15, 0.2) is 48.5 Å². The average molecular weight is 675 g/mol. The van der Waals surface area contributed by atoms with Crippen molar-refractivity contribution >= 4 is 21.6 Å². The van der Waals surface area contributed by atoms with Gasteiger partial charge in [-0.2, -0.15) is 0 Å². The number of benzene rings is 2. The van der Waals surface area contributed by atoms with Gasteiger partial charge in [0, 0.05) is 48.8 Å². The predicted molar refractivity (Wildman–Crippen MR) is 205 cm³/mol. The molecule has 8 heteroatoms. The lowest BCUT2D eigenvalue weighted by Gasteiger charge is -2.09. The van der Waals surface area contributed by atoms with Crippen LogP contribution in [0, 0.1) is 0 Å². The highest BCUT2D eigenvalue weighted by atomic mass is 33.1. The fourth-order valence-corrected chi connectivity index (χ4v) is 7.41. The van der Waals surface area contributed by atoms with E-state index in [1.54, 1.807) is 14.2 Å². The van der Waals surface area contributed by atoms with Gasteiger partial charge in [0.2, 0.25) is 0 Å². The van der Waals surface area contributed by atoms with Gasteiger partial charge in [-0.25, -0.2) is 0 Å². The quantitative estimate of drug-likeness (QED) is 0.0444. The first-order valence-corrected chi connectivity index (χ1v) is 20.6. The largest absolute Gasteiger partial charge is 0.496 e. The van der Waals surface area contributed by atoms with E-state index in [9.17, 15) is 0 Å². The minimum atomic E-state index is 0.889. The van der Waals surface area contributed by atoms with E-state index in [4.69, 9.17) is 9.47 Å². The molecule has 0 amide bonds. The topological polar surface area (TPSA) is 66.6 Å². The van der Waals surface area contributed by atoms with Gasteiger partial charge in [0.25, 0.3) is 0 Å². The summed E-state index contributed by atoms with van der Waals surface area (Å²) >= 11 is 0. The second kappa shape index (κ2) is 30.9. The Balaban J connectivity index is 1.18. The summed E-state index contributed by atoms with van der Waals surface area (Å²) in [6, 6.07) is 16.5. The molecule has 0 unspecified atom stereocenters. The van der Waals surface area contributed by atoms with Crippen LogP contribution < -0.4 is 30.7 Å². The van der Waals surface area contributed by atoms with Gasteiger partial charge in [0.05, 0.1) is 14.2 Å². The van der Waals surface area contributed by atoms with E-state index >= 15 is 0 Å². The molecule has 0 radical (unpaired) electrons. The zero-order valence-corrected chi connectivity index (χ0v) is 30.9. The first-order chi connectivity index (χ1) is 22.8. The molecule has 0 heterocycles. The third-order valence-corrected chi connectivity index (χ3v) is 10.6.